The van der Waals surface area contributed by atoms with Gasteiger partial charge in [-0.05, 0) is 12.8 Å². The first-order valence-electron chi connectivity index (χ1n) is 6.72. The van der Waals surface area contributed by atoms with E-state index in [-0.39, 0.29) is 18.9 Å². The first kappa shape index (κ1) is 15.0. The Labute approximate surface area is 121 Å². The van der Waals surface area contributed by atoms with E-state index in [1.165, 1.54) is 16.7 Å². The number of carboxylic acids is 1. The van der Waals surface area contributed by atoms with Gasteiger partial charge in [0.1, 0.15) is 6.04 Å². The van der Waals surface area contributed by atoms with Crippen molar-refractivity contribution in [2.75, 3.05) is 31.3 Å². The third kappa shape index (κ3) is 3.56. The number of thioether (sulfide) groups is 1. The van der Waals surface area contributed by atoms with Crippen molar-refractivity contribution in [1.29, 1.82) is 0 Å². The van der Waals surface area contributed by atoms with Crippen LogP contribution in [0.4, 0.5) is 4.79 Å². The lowest BCUT2D eigenvalue weighted by atomic mass is 10.3. The van der Waals surface area contributed by atoms with E-state index in [4.69, 9.17) is 5.11 Å². The number of nitrogens with one attached hydrogen (secondary N) is 1. The summed E-state index contributed by atoms with van der Waals surface area (Å²) < 4.78 is 0. The number of hydrogen-bond acceptors (Lipinski definition) is 4. The molecule has 0 radical (unpaired) electrons. The van der Waals surface area contributed by atoms with Gasteiger partial charge in [-0.1, -0.05) is 0 Å². The molecule has 8 heteroatoms. The van der Waals surface area contributed by atoms with Crippen LogP contribution >= 0.6 is 11.8 Å². The molecule has 2 heterocycles. The molecule has 0 aromatic carbocycles. The van der Waals surface area contributed by atoms with Crippen LogP contribution in [0.1, 0.15) is 19.3 Å². The SMILES string of the molecule is O=C(O)C1CSCN1C(=O)NCCC(=O)N1CCCC1. The lowest BCUT2D eigenvalue weighted by Crippen LogP contribution is -2.47. The van der Waals surface area contributed by atoms with Crippen molar-refractivity contribution in [3.8, 4) is 0 Å². The van der Waals surface area contributed by atoms with Gasteiger partial charge in [-0.15, -0.1) is 11.8 Å². The monoisotopic (exact) mass is 301 g/mol. The van der Waals surface area contributed by atoms with E-state index in [1.54, 1.807) is 4.90 Å². The Balaban J connectivity index is 1.72. The number of amides is 3. The van der Waals surface area contributed by atoms with E-state index < -0.39 is 18.0 Å². The van der Waals surface area contributed by atoms with Crippen molar-refractivity contribution in [3.63, 3.8) is 0 Å². The Kier molecular flexibility index (Phi) is 5.11. The van der Waals surface area contributed by atoms with Crippen molar-refractivity contribution in [2.24, 2.45) is 0 Å². The highest BCUT2D eigenvalue weighted by atomic mass is 32.2. The van der Waals surface area contributed by atoms with Crippen molar-refractivity contribution in [3.05, 3.63) is 0 Å². The Morgan fingerprint density at radius 3 is 2.60 bits per heavy atom. The number of aliphatic carboxylic acids is 1. The predicted molar refractivity (Wildman–Crippen MR) is 74.4 cm³/mol. The van der Waals surface area contributed by atoms with Crippen LogP contribution in [0.15, 0.2) is 0 Å². The van der Waals surface area contributed by atoms with Gasteiger partial charge in [0.25, 0.3) is 0 Å². The number of carboxylic acid groups (broad SMARTS) is 1. The standard InChI is InChI=1S/C12H19N3O4S/c16-10(14-5-1-2-6-14)3-4-13-12(19)15-8-20-7-9(15)11(17)18/h9H,1-8H2,(H,13,19)(H,17,18). The lowest BCUT2D eigenvalue weighted by Gasteiger charge is -2.21. The summed E-state index contributed by atoms with van der Waals surface area (Å²) in [5.74, 6) is -0.148. The van der Waals surface area contributed by atoms with Crippen LogP contribution in [0.5, 0.6) is 0 Å². The van der Waals surface area contributed by atoms with Crippen molar-refractivity contribution >= 4 is 29.7 Å². The van der Waals surface area contributed by atoms with Crippen LogP contribution in [0.25, 0.3) is 0 Å². The zero-order chi connectivity index (χ0) is 14.5. The first-order chi connectivity index (χ1) is 9.59. The number of hydrogen-bond donors (Lipinski definition) is 2. The van der Waals surface area contributed by atoms with E-state index in [9.17, 15) is 14.4 Å². The van der Waals surface area contributed by atoms with Crippen molar-refractivity contribution in [1.82, 2.24) is 15.1 Å². The quantitative estimate of drug-likeness (QED) is 0.772. The summed E-state index contributed by atoms with van der Waals surface area (Å²) in [5, 5.41) is 11.6. The second-order valence-corrected chi connectivity index (χ2v) is 5.89. The van der Waals surface area contributed by atoms with Crippen LogP contribution in [0, 0.1) is 0 Å². The molecular weight excluding hydrogens is 282 g/mol. The molecule has 0 saturated carbocycles. The maximum Gasteiger partial charge on any atom is 0.327 e. The van der Waals surface area contributed by atoms with Crippen LogP contribution < -0.4 is 5.32 Å². The van der Waals surface area contributed by atoms with Crippen LogP contribution in [-0.2, 0) is 9.59 Å². The number of carbonyl (C=O) groups is 3. The molecule has 7 nitrogen and oxygen atoms in total. The Bertz CT molecular complexity index is 398. The molecule has 0 aromatic rings. The van der Waals surface area contributed by atoms with Gasteiger partial charge in [0.2, 0.25) is 5.91 Å². The second-order valence-electron chi connectivity index (χ2n) is 4.89. The zero-order valence-corrected chi connectivity index (χ0v) is 12.0. The summed E-state index contributed by atoms with van der Waals surface area (Å²) >= 11 is 1.42. The molecule has 1 atom stereocenters. The number of likely N-dealkylation sites (tertiary alicyclic amines) is 1. The minimum absolute atomic E-state index is 0.0494. The number of rotatable bonds is 4. The average Bonchev–Trinajstić information content (AvgIpc) is 3.09. The van der Waals surface area contributed by atoms with Gasteiger partial charge in [-0.3, -0.25) is 4.79 Å². The number of urea groups is 1. The Morgan fingerprint density at radius 2 is 1.95 bits per heavy atom. The van der Waals surface area contributed by atoms with E-state index in [0.29, 0.717) is 11.6 Å². The summed E-state index contributed by atoms with van der Waals surface area (Å²) in [6, 6.07) is -1.18. The molecule has 20 heavy (non-hydrogen) atoms. The molecule has 3 amide bonds. The molecular formula is C12H19N3O4S. The lowest BCUT2D eigenvalue weighted by molar-refractivity contribution is -0.140. The third-order valence-electron chi connectivity index (χ3n) is 3.50. The van der Waals surface area contributed by atoms with Gasteiger partial charge in [0, 0.05) is 31.8 Å². The maximum absolute atomic E-state index is 11.9. The van der Waals surface area contributed by atoms with Gasteiger partial charge in [0.05, 0.1) is 5.88 Å². The Hall–Kier alpha value is -1.44. The van der Waals surface area contributed by atoms with E-state index in [0.717, 1.165) is 25.9 Å². The topological polar surface area (TPSA) is 90.0 Å². The molecule has 2 fully saturated rings. The summed E-state index contributed by atoms with van der Waals surface area (Å²) in [6.45, 7) is 1.86. The van der Waals surface area contributed by atoms with Crippen LogP contribution in [0.2, 0.25) is 0 Å². The van der Waals surface area contributed by atoms with Crippen molar-refractivity contribution in [2.45, 2.75) is 25.3 Å². The van der Waals surface area contributed by atoms with E-state index >= 15 is 0 Å². The number of carbonyl (C=O) groups excluding carboxylic acids is 2. The maximum atomic E-state index is 11.9. The van der Waals surface area contributed by atoms with Gasteiger partial charge in [-0.25, -0.2) is 9.59 Å². The second kappa shape index (κ2) is 6.83. The van der Waals surface area contributed by atoms with Gasteiger partial charge in [0.15, 0.2) is 0 Å². The Morgan fingerprint density at radius 1 is 1.25 bits per heavy atom. The molecule has 0 bridgehead atoms. The fourth-order valence-corrected chi connectivity index (χ4v) is 3.50. The minimum Gasteiger partial charge on any atom is -0.480 e. The van der Waals surface area contributed by atoms with E-state index in [2.05, 4.69) is 5.32 Å². The van der Waals surface area contributed by atoms with Crippen molar-refractivity contribution < 1.29 is 19.5 Å². The van der Waals surface area contributed by atoms with Gasteiger partial charge >= 0.3 is 12.0 Å². The van der Waals surface area contributed by atoms with Crippen LogP contribution in [0.3, 0.4) is 0 Å². The smallest absolute Gasteiger partial charge is 0.327 e. The molecule has 2 rings (SSSR count). The highest BCUT2D eigenvalue weighted by Crippen LogP contribution is 2.20. The van der Waals surface area contributed by atoms with E-state index in [1.807, 2.05) is 0 Å². The molecule has 0 aliphatic carbocycles. The predicted octanol–water partition coefficient (Wildman–Crippen LogP) is 0.168. The summed E-state index contributed by atoms with van der Waals surface area (Å²) in [5.41, 5.74) is 0. The highest BCUT2D eigenvalue weighted by Gasteiger charge is 2.34. The summed E-state index contributed by atoms with van der Waals surface area (Å²) in [7, 11) is 0. The fraction of sp³-hybridized carbons (Fsp3) is 0.750. The molecule has 2 saturated heterocycles. The summed E-state index contributed by atoms with van der Waals surface area (Å²) in [4.78, 5) is 37.7. The average molecular weight is 301 g/mol. The number of nitrogens with zero attached hydrogens (tertiary/aromatic N) is 2. The fourth-order valence-electron chi connectivity index (χ4n) is 2.35. The van der Waals surface area contributed by atoms with Gasteiger partial charge in [-0.2, -0.15) is 0 Å². The minimum atomic E-state index is -0.988. The first-order valence-corrected chi connectivity index (χ1v) is 7.88. The molecule has 2 aliphatic rings. The molecule has 1 unspecified atom stereocenters. The normalized spacial score (nSPS) is 22.1. The molecule has 0 aromatic heterocycles. The highest BCUT2D eigenvalue weighted by molar-refractivity contribution is 7.99. The van der Waals surface area contributed by atoms with Gasteiger partial charge < -0.3 is 20.2 Å². The van der Waals surface area contributed by atoms with Crippen LogP contribution in [-0.4, -0.2) is 70.1 Å². The summed E-state index contributed by atoms with van der Waals surface area (Å²) in [6.07, 6.45) is 2.36. The molecule has 0 spiro atoms. The zero-order valence-electron chi connectivity index (χ0n) is 11.2. The molecule has 112 valence electrons. The largest absolute Gasteiger partial charge is 0.480 e. The molecule has 2 N–H and O–H groups in total. The third-order valence-corrected chi connectivity index (χ3v) is 4.51. The molecule has 2 aliphatic heterocycles.